The largest absolute Gasteiger partial charge is 0.459 e. The molecule has 5 nitrogen and oxygen atoms in total. The zero-order valence-corrected chi connectivity index (χ0v) is 15.3. The predicted octanol–water partition coefficient (Wildman–Crippen LogP) is 3.15. The molecule has 7 heteroatoms. The van der Waals surface area contributed by atoms with Crippen molar-refractivity contribution in [1.29, 1.82) is 0 Å². The monoisotopic (exact) mass is 387 g/mol. The van der Waals surface area contributed by atoms with Crippen LogP contribution in [0.3, 0.4) is 0 Å². The van der Waals surface area contributed by atoms with Crippen molar-refractivity contribution in [2.45, 2.75) is 37.8 Å². The van der Waals surface area contributed by atoms with E-state index in [4.69, 9.17) is 4.74 Å². The molecule has 0 unspecified atom stereocenters. The van der Waals surface area contributed by atoms with Crippen LogP contribution in [0, 0.1) is 0 Å². The first-order valence-electron chi connectivity index (χ1n) is 6.68. The molecule has 0 bridgehead atoms. The maximum atomic E-state index is 12.0. The number of benzene rings is 1. The van der Waals surface area contributed by atoms with E-state index in [0.29, 0.717) is 10.9 Å². The van der Waals surface area contributed by atoms with Gasteiger partial charge >= 0.3 is 5.97 Å². The van der Waals surface area contributed by atoms with Crippen LogP contribution in [-0.2, 0) is 25.9 Å². The standard InChI is InChI=1S/C15H18BrNO4S/c1-15(2,3)21-14(18)9-17-8-13(22(4,19)20)11-7-10(16)5-6-12(11)17/h5-8H,9H2,1-4H3. The Kier molecular flexibility index (Phi) is 4.41. The van der Waals surface area contributed by atoms with Crippen LogP contribution in [0.4, 0.5) is 0 Å². The first-order valence-corrected chi connectivity index (χ1v) is 9.36. The molecule has 0 saturated carbocycles. The molecule has 2 aromatic rings. The van der Waals surface area contributed by atoms with E-state index < -0.39 is 21.4 Å². The van der Waals surface area contributed by atoms with Crippen molar-refractivity contribution in [3.8, 4) is 0 Å². The molecule has 0 N–H and O–H groups in total. The van der Waals surface area contributed by atoms with Gasteiger partial charge in [-0.25, -0.2) is 8.42 Å². The Morgan fingerprint density at radius 2 is 1.95 bits per heavy atom. The SMILES string of the molecule is CC(C)(C)OC(=O)Cn1cc(S(C)(=O)=O)c2cc(Br)ccc21. The smallest absolute Gasteiger partial charge is 0.326 e. The second-order valence-electron chi connectivity index (χ2n) is 6.14. The molecule has 120 valence electrons. The Bertz CT molecular complexity index is 831. The van der Waals surface area contributed by atoms with Gasteiger partial charge in [-0.3, -0.25) is 4.79 Å². The Morgan fingerprint density at radius 1 is 1.32 bits per heavy atom. The topological polar surface area (TPSA) is 65.4 Å². The minimum absolute atomic E-state index is 0.0368. The molecule has 22 heavy (non-hydrogen) atoms. The highest BCUT2D eigenvalue weighted by atomic mass is 79.9. The van der Waals surface area contributed by atoms with Crippen LogP contribution in [0.1, 0.15) is 20.8 Å². The molecule has 2 rings (SSSR count). The third kappa shape index (κ3) is 3.89. The van der Waals surface area contributed by atoms with Gasteiger partial charge in [0.25, 0.3) is 0 Å². The summed E-state index contributed by atoms with van der Waals surface area (Å²) in [5, 5.41) is 0.584. The van der Waals surface area contributed by atoms with Crippen LogP contribution in [0.25, 0.3) is 10.9 Å². The molecule has 0 aliphatic rings. The van der Waals surface area contributed by atoms with Crippen LogP contribution in [0.2, 0.25) is 0 Å². The van der Waals surface area contributed by atoms with Crippen molar-refractivity contribution in [2.24, 2.45) is 0 Å². The summed E-state index contributed by atoms with van der Waals surface area (Å²) in [4.78, 5) is 12.2. The zero-order valence-electron chi connectivity index (χ0n) is 12.9. The number of fused-ring (bicyclic) bond motifs is 1. The highest BCUT2D eigenvalue weighted by Gasteiger charge is 2.21. The summed E-state index contributed by atoms with van der Waals surface area (Å²) in [5.41, 5.74) is 0.0948. The molecule has 0 fully saturated rings. The van der Waals surface area contributed by atoms with E-state index in [-0.39, 0.29) is 11.4 Å². The van der Waals surface area contributed by atoms with E-state index in [2.05, 4.69) is 15.9 Å². The summed E-state index contributed by atoms with van der Waals surface area (Å²) in [6, 6.07) is 5.32. The van der Waals surface area contributed by atoms with Crippen LogP contribution in [0.5, 0.6) is 0 Å². The van der Waals surface area contributed by atoms with Crippen LogP contribution in [0.15, 0.2) is 33.8 Å². The van der Waals surface area contributed by atoms with Gasteiger partial charge in [0.2, 0.25) is 0 Å². The number of carbonyl (C=O) groups is 1. The van der Waals surface area contributed by atoms with E-state index in [1.165, 1.54) is 6.20 Å². The number of ether oxygens (including phenoxy) is 1. The van der Waals surface area contributed by atoms with Gasteiger partial charge in [0.05, 0.1) is 4.90 Å². The lowest BCUT2D eigenvalue weighted by Crippen LogP contribution is -2.26. The van der Waals surface area contributed by atoms with Crippen molar-refractivity contribution in [3.05, 3.63) is 28.9 Å². The van der Waals surface area contributed by atoms with Crippen molar-refractivity contribution in [3.63, 3.8) is 0 Å². The normalized spacial score (nSPS) is 12.6. The Morgan fingerprint density at radius 3 is 2.50 bits per heavy atom. The Balaban J connectivity index is 2.49. The lowest BCUT2D eigenvalue weighted by atomic mass is 10.2. The number of aromatic nitrogens is 1. The fourth-order valence-electron chi connectivity index (χ4n) is 2.18. The van der Waals surface area contributed by atoms with Gasteiger partial charge < -0.3 is 9.30 Å². The average molecular weight is 388 g/mol. The third-order valence-corrected chi connectivity index (χ3v) is 4.54. The van der Waals surface area contributed by atoms with E-state index in [1.807, 2.05) is 0 Å². The molecule has 0 radical (unpaired) electrons. The molecule has 0 atom stereocenters. The van der Waals surface area contributed by atoms with Gasteiger partial charge in [0.1, 0.15) is 12.1 Å². The van der Waals surface area contributed by atoms with Crippen LogP contribution >= 0.6 is 15.9 Å². The molecule has 0 saturated heterocycles. The number of halogens is 1. The van der Waals surface area contributed by atoms with Crippen molar-refractivity contribution in [1.82, 2.24) is 4.57 Å². The average Bonchev–Trinajstić information content (AvgIpc) is 2.64. The van der Waals surface area contributed by atoms with Crippen molar-refractivity contribution < 1.29 is 17.9 Å². The first-order chi connectivity index (χ1) is 9.97. The summed E-state index contributed by atoms with van der Waals surface area (Å²) in [6.45, 7) is 5.33. The van der Waals surface area contributed by atoms with Crippen LogP contribution in [-0.4, -0.2) is 30.8 Å². The third-order valence-electron chi connectivity index (χ3n) is 2.93. The molecule has 0 aliphatic heterocycles. The number of nitrogens with zero attached hydrogens (tertiary/aromatic N) is 1. The molecular formula is C15H18BrNO4S. The van der Waals surface area contributed by atoms with E-state index in [1.54, 1.807) is 43.5 Å². The summed E-state index contributed by atoms with van der Waals surface area (Å²) >= 11 is 3.34. The van der Waals surface area contributed by atoms with E-state index in [9.17, 15) is 13.2 Å². The van der Waals surface area contributed by atoms with Crippen molar-refractivity contribution >= 4 is 42.6 Å². The molecule has 0 aliphatic carbocycles. The fourth-order valence-corrected chi connectivity index (χ4v) is 3.42. The van der Waals surface area contributed by atoms with Crippen LogP contribution < -0.4 is 0 Å². The number of sulfone groups is 1. The predicted molar refractivity (Wildman–Crippen MR) is 88.6 cm³/mol. The Labute approximate surface area is 138 Å². The zero-order chi connectivity index (χ0) is 16.7. The second kappa shape index (κ2) is 5.70. The van der Waals surface area contributed by atoms with Gasteiger partial charge in [0.15, 0.2) is 9.84 Å². The number of hydrogen-bond donors (Lipinski definition) is 0. The fraction of sp³-hybridized carbons (Fsp3) is 0.400. The van der Waals surface area contributed by atoms with Crippen molar-refractivity contribution in [2.75, 3.05) is 6.26 Å². The highest BCUT2D eigenvalue weighted by molar-refractivity contribution is 9.10. The molecular weight excluding hydrogens is 370 g/mol. The van der Waals surface area contributed by atoms with E-state index in [0.717, 1.165) is 10.7 Å². The highest BCUT2D eigenvalue weighted by Crippen LogP contribution is 2.28. The summed E-state index contributed by atoms with van der Waals surface area (Å²) in [5.74, 6) is -0.410. The number of rotatable bonds is 3. The number of esters is 1. The lowest BCUT2D eigenvalue weighted by molar-refractivity contribution is -0.155. The van der Waals surface area contributed by atoms with Gasteiger partial charge in [0, 0.05) is 27.8 Å². The Hall–Kier alpha value is -1.34. The molecule has 1 aromatic carbocycles. The summed E-state index contributed by atoms with van der Waals surface area (Å²) in [7, 11) is -3.39. The molecule has 0 amide bonds. The minimum atomic E-state index is -3.39. The molecule has 1 heterocycles. The summed E-state index contributed by atoms with van der Waals surface area (Å²) < 4.78 is 31.6. The quantitative estimate of drug-likeness (QED) is 0.758. The van der Waals surface area contributed by atoms with Gasteiger partial charge in [-0.1, -0.05) is 15.9 Å². The molecule has 1 aromatic heterocycles. The first kappa shape index (κ1) is 17.0. The van der Waals surface area contributed by atoms with Gasteiger partial charge in [-0.15, -0.1) is 0 Å². The maximum Gasteiger partial charge on any atom is 0.326 e. The summed E-state index contributed by atoms with van der Waals surface area (Å²) in [6.07, 6.45) is 2.64. The minimum Gasteiger partial charge on any atom is -0.459 e. The lowest BCUT2D eigenvalue weighted by Gasteiger charge is -2.19. The van der Waals surface area contributed by atoms with Gasteiger partial charge in [-0.2, -0.15) is 0 Å². The number of hydrogen-bond acceptors (Lipinski definition) is 4. The second-order valence-corrected chi connectivity index (χ2v) is 9.04. The van der Waals surface area contributed by atoms with E-state index >= 15 is 0 Å². The van der Waals surface area contributed by atoms with Gasteiger partial charge in [-0.05, 0) is 39.0 Å². The maximum absolute atomic E-state index is 12.0. The molecule has 0 spiro atoms. The number of carbonyl (C=O) groups excluding carboxylic acids is 1.